The zero-order valence-electron chi connectivity index (χ0n) is 13.9. The van der Waals surface area contributed by atoms with Crippen LogP contribution in [-0.4, -0.2) is 36.6 Å². The average molecular weight is 293 g/mol. The SMILES string of the molecule is CCOC(=O)CC(C1CC(C)=CC(C)C1)N1CCCCC1. The molecule has 0 bridgehead atoms. The number of esters is 1. The molecule has 0 N–H and O–H groups in total. The lowest BCUT2D eigenvalue weighted by Gasteiger charge is -2.41. The van der Waals surface area contributed by atoms with Crippen molar-refractivity contribution < 1.29 is 9.53 Å². The maximum Gasteiger partial charge on any atom is 0.307 e. The summed E-state index contributed by atoms with van der Waals surface area (Å²) < 4.78 is 5.23. The molecule has 0 spiro atoms. The zero-order chi connectivity index (χ0) is 15.2. The van der Waals surface area contributed by atoms with Gasteiger partial charge in [0.2, 0.25) is 0 Å². The van der Waals surface area contributed by atoms with E-state index in [1.165, 1.54) is 31.3 Å². The summed E-state index contributed by atoms with van der Waals surface area (Å²) in [6.45, 7) is 9.22. The molecule has 0 amide bonds. The first-order chi connectivity index (χ1) is 10.1. The van der Waals surface area contributed by atoms with Gasteiger partial charge in [0, 0.05) is 6.04 Å². The topological polar surface area (TPSA) is 29.5 Å². The Morgan fingerprint density at radius 2 is 2.10 bits per heavy atom. The molecule has 3 atom stereocenters. The molecule has 0 radical (unpaired) electrons. The predicted octanol–water partition coefficient (Wildman–Crippen LogP) is 3.79. The van der Waals surface area contributed by atoms with Crippen LogP contribution in [0.15, 0.2) is 11.6 Å². The van der Waals surface area contributed by atoms with Gasteiger partial charge >= 0.3 is 5.97 Å². The summed E-state index contributed by atoms with van der Waals surface area (Å²) in [4.78, 5) is 14.6. The van der Waals surface area contributed by atoms with Crippen LogP contribution in [0.1, 0.15) is 59.3 Å². The zero-order valence-corrected chi connectivity index (χ0v) is 13.9. The minimum Gasteiger partial charge on any atom is -0.466 e. The fourth-order valence-electron chi connectivity index (χ4n) is 4.12. The molecule has 2 aliphatic rings. The standard InChI is InChI=1S/C18H31NO2/c1-4-21-18(20)13-17(19-8-6-5-7-9-19)16-11-14(2)10-15(3)12-16/h10,14,16-17H,4-9,11-13H2,1-3H3. The Morgan fingerprint density at radius 1 is 1.38 bits per heavy atom. The third-order valence-electron chi connectivity index (χ3n) is 4.91. The monoisotopic (exact) mass is 293 g/mol. The lowest BCUT2D eigenvalue weighted by Crippen LogP contribution is -2.46. The molecule has 1 fully saturated rings. The average Bonchev–Trinajstić information content (AvgIpc) is 2.45. The van der Waals surface area contributed by atoms with E-state index in [2.05, 4.69) is 24.8 Å². The van der Waals surface area contributed by atoms with E-state index in [9.17, 15) is 4.79 Å². The quantitative estimate of drug-likeness (QED) is 0.570. The molecule has 1 aliphatic carbocycles. The van der Waals surface area contributed by atoms with E-state index in [1.54, 1.807) is 0 Å². The third kappa shape index (κ3) is 4.84. The highest BCUT2D eigenvalue weighted by Crippen LogP contribution is 2.34. The van der Waals surface area contributed by atoms with Crippen LogP contribution in [0.4, 0.5) is 0 Å². The molecule has 1 aliphatic heterocycles. The van der Waals surface area contributed by atoms with E-state index in [0.717, 1.165) is 19.5 Å². The van der Waals surface area contributed by atoms with Crippen molar-refractivity contribution in [2.75, 3.05) is 19.7 Å². The summed E-state index contributed by atoms with van der Waals surface area (Å²) in [6.07, 6.45) is 9.20. The molecule has 21 heavy (non-hydrogen) atoms. The van der Waals surface area contributed by atoms with Gasteiger partial charge in [0.1, 0.15) is 0 Å². The van der Waals surface area contributed by atoms with Crippen molar-refractivity contribution in [3.63, 3.8) is 0 Å². The second-order valence-corrected chi connectivity index (χ2v) is 6.86. The third-order valence-corrected chi connectivity index (χ3v) is 4.91. The molecular formula is C18H31NO2. The van der Waals surface area contributed by atoms with Crippen LogP contribution in [0.3, 0.4) is 0 Å². The second kappa shape index (κ2) is 7.98. The van der Waals surface area contributed by atoms with E-state index >= 15 is 0 Å². The highest BCUT2D eigenvalue weighted by atomic mass is 16.5. The number of hydrogen-bond acceptors (Lipinski definition) is 3. The minimum atomic E-state index is -0.0204. The molecule has 0 aromatic rings. The molecule has 3 unspecified atom stereocenters. The normalized spacial score (nSPS) is 28.8. The van der Waals surface area contributed by atoms with Crippen molar-refractivity contribution in [2.45, 2.75) is 65.3 Å². The molecule has 3 nitrogen and oxygen atoms in total. The number of rotatable bonds is 5. The van der Waals surface area contributed by atoms with Gasteiger partial charge in [0.05, 0.1) is 13.0 Å². The highest BCUT2D eigenvalue weighted by Gasteiger charge is 2.33. The molecule has 1 saturated heterocycles. The minimum absolute atomic E-state index is 0.0204. The van der Waals surface area contributed by atoms with E-state index in [0.29, 0.717) is 30.9 Å². The number of ether oxygens (including phenoxy) is 1. The molecule has 0 saturated carbocycles. The summed E-state index contributed by atoms with van der Waals surface area (Å²) >= 11 is 0. The van der Waals surface area contributed by atoms with Crippen molar-refractivity contribution in [3.8, 4) is 0 Å². The maximum atomic E-state index is 12.0. The first-order valence-electron chi connectivity index (χ1n) is 8.67. The van der Waals surface area contributed by atoms with E-state index in [4.69, 9.17) is 4.74 Å². The van der Waals surface area contributed by atoms with Crippen molar-refractivity contribution in [1.82, 2.24) is 4.90 Å². The Labute approximate surface area is 129 Å². The molecule has 3 heteroatoms. The lowest BCUT2D eigenvalue weighted by molar-refractivity contribution is -0.145. The molecule has 1 heterocycles. The van der Waals surface area contributed by atoms with Gasteiger partial charge in [-0.25, -0.2) is 0 Å². The van der Waals surface area contributed by atoms with Crippen LogP contribution >= 0.6 is 0 Å². The second-order valence-electron chi connectivity index (χ2n) is 6.86. The molecule has 0 aromatic heterocycles. The van der Waals surface area contributed by atoms with Gasteiger partial charge < -0.3 is 4.74 Å². The number of hydrogen-bond donors (Lipinski definition) is 0. The van der Waals surface area contributed by atoms with Crippen LogP contribution < -0.4 is 0 Å². The largest absolute Gasteiger partial charge is 0.466 e. The smallest absolute Gasteiger partial charge is 0.307 e. The lowest BCUT2D eigenvalue weighted by atomic mass is 9.77. The van der Waals surface area contributed by atoms with Crippen molar-refractivity contribution >= 4 is 5.97 Å². The van der Waals surface area contributed by atoms with E-state index in [-0.39, 0.29) is 5.97 Å². The van der Waals surface area contributed by atoms with Gasteiger partial charge in [0.25, 0.3) is 0 Å². The summed E-state index contributed by atoms with van der Waals surface area (Å²) in [6, 6.07) is 0.371. The number of likely N-dealkylation sites (tertiary alicyclic amines) is 1. The summed E-state index contributed by atoms with van der Waals surface area (Å²) in [7, 11) is 0. The van der Waals surface area contributed by atoms with Gasteiger partial charge in [-0.05, 0) is 64.5 Å². The number of allylic oxidation sites excluding steroid dienone is 2. The Morgan fingerprint density at radius 3 is 2.71 bits per heavy atom. The Balaban J connectivity index is 2.06. The van der Waals surface area contributed by atoms with Crippen LogP contribution in [0.25, 0.3) is 0 Å². The molecular weight excluding hydrogens is 262 g/mol. The van der Waals surface area contributed by atoms with E-state index in [1.807, 2.05) is 6.92 Å². The van der Waals surface area contributed by atoms with Crippen molar-refractivity contribution in [1.29, 1.82) is 0 Å². The van der Waals surface area contributed by atoms with Crippen LogP contribution in [0.2, 0.25) is 0 Å². The fraction of sp³-hybridized carbons (Fsp3) is 0.833. The van der Waals surface area contributed by atoms with Gasteiger partial charge in [-0.1, -0.05) is 25.0 Å². The number of carbonyl (C=O) groups is 1. The fourth-order valence-corrected chi connectivity index (χ4v) is 4.12. The highest BCUT2D eigenvalue weighted by molar-refractivity contribution is 5.70. The van der Waals surface area contributed by atoms with Gasteiger partial charge in [0.15, 0.2) is 0 Å². The molecule has 2 rings (SSSR count). The summed E-state index contributed by atoms with van der Waals surface area (Å²) in [5, 5.41) is 0. The van der Waals surface area contributed by atoms with Crippen LogP contribution in [0, 0.1) is 11.8 Å². The number of carbonyl (C=O) groups excluding carboxylic acids is 1. The Hall–Kier alpha value is -0.830. The van der Waals surface area contributed by atoms with Crippen LogP contribution in [0.5, 0.6) is 0 Å². The van der Waals surface area contributed by atoms with Crippen molar-refractivity contribution in [2.24, 2.45) is 11.8 Å². The van der Waals surface area contributed by atoms with Crippen molar-refractivity contribution in [3.05, 3.63) is 11.6 Å². The predicted molar refractivity (Wildman–Crippen MR) is 86.1 cm³/mol. The van der Waals surface area contributed by atoms with Crippen LogP contribution in [-0.2, 0) is 9.53 Å². The summed E-state index contributed by atoms with van der Waals surface area (Å²) in [5.41, 5.74) is 1.49. The Kier molecular flexibility index (Phi) is 6.28. The Bertz CT molecular complexity index is 371. The first-order valence-corrected chi connectivity index (χ1v) is 8.67. The molecule has 120 valence electrons. The van der Waals surface area contributed by atoms with Gasteiger partial charge in [-0.3, -0.25) is 9.69 Å². The molecule has 0 aromatic carbocycles. The number of piperidine rings is 1. The van der Waals surface area contributed by atoms with Gasteiger partial charge in [-0.2, -0.15) is 0 Å². The summed E-state index contributed by atoms with van der Waals surface area (Å²) in [5.74, 6) is 1.22. The number of nitrogens with zero attached hydrogens (tertiary/aromatic N) is 1. The van der Waals surface area contributed by atoms with Gasteiger partial charge in [-0.15, -0.1) is 0 Å². The maximum absolute atomic E-state index is 12.0. The van der Waals surface area contributed by atoms with E-state index < -0.39 is 0 Å². The first kappa shape index (κ1) is 16.5.